The lowest BCUT2D eigenvalue weighted by atomic mass is 9.96. The fourth-order valence-corrected chi connectivity index (χ4v) is 3.01. The molecule has 5 heteroatoms. The quantitative estimate of drug-likeness (QED) is 0.813. The highest BCUT2D eigenvalue weighted by molar-refractivity contribution is 5.97. The molecule has 0 aliphatic carbocycles. The first kappa shape index (κ1) is 14.5. The number of hydrogen-bond donors (Lipinski definition) is 0. The molecule has 1 aromatic heterocycles. The third kappa shape index (κ3) is 2.42. The minimum Gasteiger partial charge on any atom is -0.293 e. The van der Waals surface area contributed by atoms with Gasteiger partial charge in [0.2, 0.25) is 0 Å². The molecule has 1 aromatic carbocycles. The Bertz CT molecular complexity index is 742. The summed E-state index contributed by atoms with van der Waals surface area (Å²) in [5, 5.41) is 14.1. The Kier molecular flexibility index (Phi) is 3.78. The average molecular weight is 294 g/mol. The second-order valence-corrected chi connectivity index (χ2v) is 5.61. The largest absolute Gasteiger partial charge is 0.293 e. The summed E-state index contributed by atoms with van der Waals surface area (Å²) in [5.74, 6) is 0.0471. The Morgan fingerprint density at radius 1 is 1.41 bits per heavy atom. The van der Waals surface area contributed by atoms with Crippen LogP contribution in [0.5, 0.6) is 0 Å². The SMILES string of the molecule is Cc1c2c(nn1C)CCN(CC(=O)c1ccccc1)C2C#N. The third-order valence-electron chi connectivity index (χ3n) is 4.30. The lowest BCUT2D eigenvalue weighted by Crippen LogP contribution is -2.38. The fraction of sp³-hybridized carbons (Fsp3) is 0.353. The number of rotatable bonds is 3. The molecule has 0 N–H and O–H groups in total. The predicted molar refractivity (Wildman–Crippen MR) is 82.3 cm³/mol. The molecule has 0 fully saturated rings. The Morgan fingerprint density at radius 3 is 2.82 bits per heavy atom. The van der Waals surface area contributed by atoms with Crippen molar-refractivity contribution in [3.8, 4) is 6.07 Å². The van der Waals surface area contributed by atoms with Crippen molar-refractivity contribution in [2.75, 3.05) is 13.1 Å². The second kappa shape index (κ2) is 5.74. The lowest BCUT2D eigenvalue weighted by Gasteiger charge is -2.30. The van der Waals surface area contributed by atoms with Crippen LogP contribution in [0.2, 0.25) is 0 Å². The van der Waals surface area contributed by atoms with Crippen LogP contribution in [0, 0.1) is 18.3 Å². The number of ketones is 1. The van der Waals surface area contributed by atoms with Crippen molar-refractivity contribution >= 4 is 5.78 Å². The van der Waals surface area contributed by atoms with E-state index in [1.54, 1.807) is 0 Å². The number of hydrogen-bond acceptors (Lipinski definition) is 4. The highest BCUT2D eigenvalue weighted by Gasteiger charge is 2.32. The minimum absolute atomic E-state index is 0.0471. The van der Waals surface area contributed by atoms with Gasteiger partial charge in [0.1, 0.15) is 6.04 Å². The number of fused-ring (bicyclic) bond motifs is 1. The Labute approximate surface area is 129 Å². The highest BCUT2D eigenvalue weighted by atomic mass is 16.1. The van der Waals surface area contributed by atoms with Gasteiger partial charge in [-0.3, -0.25) is 14.4 Å². The van der Waals surface area contributed by atoms with E-state index in [4.69, 9.17) is 0 Å². The average Bonchev–Trinajstić information content (AvgIpc) is 2.83. The fourth-order valence-electron chi connectivity index (χ4n) is 3.01. The zero-order valence-corrected chi connectivity index (χ0v) is 12.8. The maximum Gasteiger partial charge on any atom is 0.176 e. The zero-order chi connectivity index (χ0) is 15.7. The summed E-state index contributed by atoms with van der Waals surface area (Å²) < 4.78 is 1.82. The van der Waals surface area contributed by atoms with Crippen molar-refractivity contribution in [3.05, 3.63) is 52.8 Å². The van der Waals surface area contributed by atoms with Gasteiger partial charge in [-0.05, 0) is 6.92 Å². The number of carbonyl (C=O) groups is 1. The topological polar surface area (TPSA) is 61.9 Å². The molecule has 0 spiro atoms. The molecule has 0 saturated carbocycles. The normalized spacial score (nSPS) is 17.8. The van der Waals surface area contributed by atoms with Gasteiger partial charge in [0, 0.05) is 36.8 Å². The van der Waals surface area contributed by atoms with Gasteiger partial charge >= 0.3 is 0 Å². The number of nitriles is 1. The first-order valence-corrected chi connectivity index (χ1v) is 7.36. The predicted octanol–water partition coefficient (Wildman–Crippen LogP) is 2.03. The van der Waals surface area contributed by atoms with Crippen LogP contribution in [-0.2, 0) is 13.5 Å². The monoisotopic (exact) mass is 294 g/mol. The number of Topliss-reactive ketones (excluding diaryl/α,β-unsaturated/α-hetero) is 1. The number of nitrogens with zero attached hydrogens (tertiary/aromatic N) is 4. The lowest BCUT2D eigenvalue weighted by molar-refractivity contribution is 0.0906. The van der Waals surface area contributed by atoms with Crippen LogP contribution in [0.4, 0.5) is 0 Å². The van der Waals surface area contributed by atoms with Gasteiger partial charge in [0.15, 0.2) is 5.78 Å². The molecule has 0 saturated heterocycles. The van der Waals surface area contributed by atoms with Gasteiger partial charge in [0.25, 0.3) is 0 Å². The van der Waals surface area contributed by atoms with Gasteiger partial charge < -0.3 is 0 Å². The molecule has 1 atom stereocenters. The van der Waals surface area contributed by atoms with Crippen LogP contribution >= 0.6 is 0 Å². The van der Waals surface area contributed by atoms with E-state index in [2.05, 4.69) is 11.2 Å². The highest BCUT2D eigenvalue weighted by Crippen LogP contribution is 2.31. The molecule has 1 aliphatic heterocycles. The molecule has 5 nitrogen and oxygen atoms in total. The zero-order valence-electron chi connectivity index (χ0n) is 12.8. The molecule has 3 rings (SSSR count). The first-order chi connectivity index (χ1) is 10.6. The molecule has 0 radical (unpaired) electrons. The maximum atomic E-state index is 12.4. The summed E-state index contributed by atoms with van der Waals surface area (Å²) in [6, 6.07) is 11.2. The van der Waals surface area contributed by atoms with E-state index in [9.17, 15) is 10.1 Å². The van der Waals surface area contributed by atoms with Crippen LogP contribution in [0.15, 0.2) is 30.3 Å². The smallest absolute Gasteiger partial charge is 0.176 e. The number of aryl methyl sites for hydroxylation is 1. The van der Waals surface area contributed by atoms with Gasteiger partial charge in [-0.1, -0.05) is 30.3 Å². The van der Waals surface area contributed by atoms with Crippen molar-refractivity contribution in [3.63, 3.8) is 0 Å². The van der Waals surface area contributed by atoms with Crippen molar-refractivity contribution in [2.45, 2.75) is 19.4 Å². The van der Waals surface area contributed by atoms with Crippen LogP contribution < -0.4 is 0 Å². The molecule has 2 heterocycles. The molecular weight excluding hydrogens is 276 g/mol. The van der Waals surface area contributed by atoms with E-state index in [1.165, 1.54) is 0 Å². The Morgan fingerprint density at radius 2 is 2.14 bits per heavy atom. The third-order valence-corrected chi connectivity index (χ3v) is 4.30. The number of benzene rings is 1. The van der Waals surface area contributed by atoms with E-state index < -0.39 is 6.04 Å². The number of aromatic nitrogens is 2. The molecule has 1 aliphatic rings. The Hall–Kier alpha value is -2.45. The summed E-state index contributed by atoms with van der Waals surface area (Å²) in [7, 11) is 1.89. The van der Waals surface area contributed by atoms with E-state index in [0.29, 0.717) is 12.1 Å². The Balaban J connectivity index is 1.85. The summed E-state index contributed by atoms with van der Waals surface area (Å²) in [4.78, 5) is 14.4. The van der Waals surface area contributed by atoms with Crippen molar-refractivity contribution < 1.29 is 4.79 Å². The molecule has 22 heavy (non-hydrogen) atoms. The van der Waals surface area contributed by atoms with E-state index in [1.807, 2.05) is 53.9 Å². The molecule has 112 valence electrons. The van der Waals surface area contributed by atoms with Crippen LogP contribution in [-0.4, -0.2) is 33.6 Å². The minimum atomic E-state index is -0.398. The van der Waals surface area contributed by atoms with Gasteiger partial charge in [-0.25, -0.2) is 0 Å². The maximum absolute atomic E-state index is 12.4. The summed E-state index contributed by atoms with van der Waals surface area (Å²) in [5.41, 5.74) is 3.64. The van der Waals surface area contributed by atoms with Crippen molar-refractivity contribution in [1.82, 2.24) is 14.7 Å². The van der Waals surface area contributed by atoms with E-state index in [-0.39, 0.29) is 12.3 Å². The van der Waals surface area contributed by atoms with Crippen molar-refractivity contribution in [2.24, 2.45) is 7.05 Å². The molecule has 2 aromatic rings. The standard InChI is InChI=1S/C17H18N4O/c1-12-17-14(19-20(12)2)8-9-21(15(17)10-18)11-16(22)13-6-4-3-5-7-13/h3-7,15H,8-9,11H2,1-2H3. The van der Waals surface area contributed by atoms with Gasteiger partial charge in [-0.15, -0.1) is 0 Å². The van der Waals surface area contributed by atoms with Crippen LogP contribution in [0.25, 0.3) is 0 Å². The van der Waals surface area contributed by atoms with E-state index >= 15 is 0 Å². The van der Waals surface area contributed by atoms with Gasteiger partial charge in [-0.2, -0.15) is 10.4 Å². The van der Waals surface area contributed by atoms with Crippen LogP contribution in [0.1, 0.15) is 33.4 Å². The summed E-state index contributed by atoms with van der Waals surface area (Å²) in [6.07, 6.45) is 0.775. The summed E-state index contributed by atoms with van der Waals surface area (Å²) in [6.45, 7) is 2.91. The second-order valence-electron chi connectivity index (χ2n) is 5.61. The van der Waals surface area contributed by atoms with Crippen molar-refractivity contribution in [1.29, 1.82) is 5.26 Å². The summed E-state index contributed by atoms with van der Waals surface area (Å²) >= 11 is 0. The van der Waals surface area contributed by atoms with Crippen LogP contribution in [0.3, 0.4) is 0 Å². The number of carbonyl (C=O) groups excluding carboxylic acids is 1. The molecule has 0 bridgehead atoms. The first-order valence-electron chi connectivity index (χ1n) is 7.36. The van der Waals surface area contributed by atoms with E-state index in [0.717, 1.165) is 23.4 Å². The molecule has 1 unspecified atom stereocenters. The molecular formula is C17H18N4O. The van der Waals surface area contributed by atoms with Gasteiger partial charge in [0.05, 0.1) is 18.3 Å². The molecule has 0 amide bonds.